The smallest absolute Gasteiger partial charge is 0.325 e. The zero-order valence-corrected chi connectivity index (χ0v) is 20.2. The Hall–Kier alpha value is -3.72. The molecule has 35 heavy (non-hydrogen) atoms. The highest BCUT2D eigenvalue weighted by Crippen LogP contribution is 2.08. The van der Waals surface area contributed by atoms with Gasteiger partial charge in [0.1, 0.15) is 18.1 Å². The number of hydrogen-bond donors (Lipinski definition) is 5. The summed E-state index contributed by atoms with van der Waals surface area (Å²) >= 11 is 0. The van der Waals surface area contributed by atoms with Gasteiger partial charge in [-0.15, -0.1) is 0 Å². The average Bonchev–Trinajstić information content (AvgIpc) is 2.82. The van der Waals surface area contributed by atoms with Gasteiger partial charge in [-0.05, 0) is 30.4 Å². The number of carbonyl (C=O) groups excluding carboxylic acids is 3. The molecule has 4 atom stereocenters. The number of hydrogen-bond acceptors (Lipinski definition) is 5. The molecule has 0 bridgehead atoms. The number of nitrogens with two attached hydrogens (primary N) is 1. The van der Waals surface area contributed by atoms with Crippen molar-refractivity contribution in [2.75, 3.05) is 0 Å². The Labute approximate surface area is 205 Å². The van der Waals surface area contributed by atoms with Gasteiger partial charge in [0, 0.05) is 6.42 Å². The van der Waals surface area contributed by atoms with Crippen molar-refractivity contribution >= 4 is 23.7 Å². The lowest BCUT2D eigenvalue weighted by Gasteiger charge is -2.26. The largest absolute Gasteiger partial charge is 0.480 e. The van der Waals surface area contributed by atoms with Crippen molar-refractivity contribution in [1.29, 1.82) is 0 Å². The number of carboxylic acids is 1. The molecule has 0 heterocycles. The number of amides is 3. The molecule has 0 aliphatic rings. The summed E-state index contributed by atoms with van der Waals surface area (Å²) in [6, 6.07) is 14.5. The van der Waals surface area contributed by atoms with Crippen molar-refractivity contribution in [3.05, 3.63) is 71.8 Å². The van der Waals surface area contributed by atoms with Gasteiger partial charge in [-0.1, -0.05) is 74.5 Å². The van der Waals surface area contributed by atoms with Crippen LogP contribution >= 0.6 is 0 Å². The van der Waals surface area contributed by atoms with E-state index in [1.807, 2.05) is 60.7 Å². The van der Waals surface area contributed by atoms with E-state index < -0.39 is 47.9 Å². The molecular formula is C26H34N4O5. The summed E-state index contributed by atoms with van der Waals surface area (Å²) in [5.74, 6) is -3.18. The first-order valence-corrected chi connectivity index (χ1v) is 11.6. The summed E-state index contributed by atoms with van der Waals surface area (Å²) in [6.45, 7) is 4.80. The first-order valence-electron chi connectivity index (χ1n) is 11.6. The lowest BCUT2D eigenvalue weighted by atomic mass is 10.00. The lowest BCUT2D eigenvalue weighted by molar-refractivity contribution is -0.142. The van der Waals surface area contributed by atoms with E-state index in [0.717, 1.165) is 11.1 Å². The number of nitrogens with one attached hydrogen (secondary N) is 3. The van der Waals surface area contributed by atoms with Gasteiger partial charge < -0.3 is 26.8 Å². The highest BCUT2D eigenvalue weighted by atomic mass is 16.4. The number of carboxylic acid groups (broad SMARTS) is 1. The van der Waals surface area contributed by atoms with Crippen LogP contribution in [0.1, 0.15) is 31.9 Å². The zero-order valence-electron chi connectivity index (χ0n) is 20.2. The molecule has 9 heteroatoms. The predicted octanol–water partition coefficient (Wildman–Crippen LogP) is 1.01. The van der Waals surface area contributed by atoms with Crippen molar-refractivity contribution in [1.82, 2.24) is 16.0 Å². The van der Waals surface area contributed by atoms with Crippen LogP contribution in [0.25, 0.3) is 0 Å². The van der Waals surface area contributed by atoms with Crippen LogP contribution < -0.4 is 21.7 Å². The van der Waals surface area contributed by atoms with Crippen LogP contribution in [0.3, 0.4) is 0 Å². The molecular weight excluding hydrogens is 448 g/mol. The summed E-state index contributed by atoms with van der Waals surface area (Å²) in [7, 11) is 0. The molecule has 0 aliphatic heterocycles. The highest BCUT2D eigenvalue weighted by molar-refractivity contribution is 5.94. The first-order chi connectivity index (χ1) is 16.6. The Kier molecular flexibility index (Phi) is 10.4. The molecule has 0 fully saturated rings. The fourth-order valence-corrected chi connectivity index (χ4v) is 3.45. The third kappa shape index (κ3) is 8.86. The Bertz CT molecular complexity index is 997. The summed E-state index contributed by atoms with van der Waals surface area (Å²) < 4.78 is 0. The van der Waals surface area contributed by atoms with Gasteiger partial charge in [-0.3, -0.25) is 19.2 Å². The second-order valence-corrected chi connectivity index (χ2v) is 8.85. The highest BCUT2D eigenvalue weighted by Gasteiger charge is 2.31. The van der Waals surface area contributed by atoms with E-state index >= 15 is 0 Å². The summed E-state index contributed by atoms with van der Waals surface area (Å²) in [5, 5.41) is 16.9. The molecule has 188 valence electrons. The molecule has 0 saturated carbocycles. The standard InChI is InChI=1S/C26H34N4O5/c1-16(2)22(25(33)28-17(3)26(34)35)30-24(32)21(15-19-12-8-5-9-13-19)29-23(31)20(27)14-18-10-6-4-7-11-18/h4-13,16-17,20-22H,14-15,27H2,1-3H3,(H,28,33)(H,29,31)(H,30,32)(H,34,35). The van der Waals surface area contributed by atoms with Gasteiger partial charge in [0.05, 0.1) is 6.04 Å². The Balaban J connectivity index is 2.16. The summed E-state index contributed by atoms with van der Waals surface area (Å²) in [4.78, 5) is 49.9. The third-order valence-corrected chi connectivity index (χ3v) is 5.53. The van der Waals surface area contributed by atoms with Crippen molar-refractivity contribution in [2.24, 2.45) is 11.7 Å². The van der Waals surface area contributed by atoms with Crippen molar-refractivity contribution < 1.29 is 24.3 Å². The minimum Gasteiger partial charge on any atom is -0.480 e. The second kappa shape index (κ2) is 13.2. The molecule has 0 aromatic heterocycles. The number of benzene rings is 2. The van der Waals surface area contributed by atoms with Gasteiger partial charge in [0.2, 0.25) is 17.7 Å². The predicted molar refractivity (Wildman–Crippen MR) is 132 cm³/mol. The molecule has 4 unspecified atom stereocenters. The minimum absolute atomic E-state index is 0.189. The lowest BCUT2D eigenvalue weighted by Crippen LogP contribution is -2.58. The van der Waals surface area contributed by atoms with Crippen molar-refractivity contribution in [3.8, 4) is 0 Å². The summed E-state index contributed by atoms with van der Waals surface area (Å²) in [5.41, 5.74) is 7.81. The molecule has 3 amide bonds. The topological polar surface area (TPSA) is 151 Å². The minimum atomic E-state index is -1.19. The molecule has 2 aromatic carbocycles. The molecule has 0 spiro atoms. The van der Waals surface area contributed by atoms with Crippen LogP contribution in [0.5, 0.6) is 0 Å². The Morgan fingerprint density at radius 1 is 0.743 bits per heavy atom. The molecule has 2 rings (SSSR count). The van der Waals surface area contributed by atoms with Crippen LogP contribution in [0.2, 0.25) is 0 Å². The van der Waals surface area contributed by atoms with Crippen LogP contribution in [0.4, 0.5) is 0 Å². The summed E-state index contributed by atoms with van der Waals surface area (Å²) in [6.07, 6.45) is 0.491. The molecule has 0 saturated heterocycles. The van der Waals surface area contributed by atoms with E-state index in [1.54, 1.807) is 13.8 Å². The van der Waals surface area contributed by atoms with Gasteiger partial charge in [0.15, 0.2) is 0 Å². The van der Waals surface area contributed by atoms with Crippen LogP contribution in [0, 0.1) is 5.92 Å². The van der Waals surface area contributed by atoms with E-state index in [0.29, 0.717) is 6.42 Å². The Morgan fingerprint density at radius 3 is 1.74 bits per heavy atom. The average molecular weight is 483 g/mol. The maximum atomic E-state index is 13.2. The fourth-order valence-electron chi connectivity index (χ4n) is 3.45. The van der Waals surface area contributed by atoms with Crippen molar-refractivity contribution in [3.63, 3.8) is 0 Å². The fraction of sp³-hybridized carbons (Fsp3) is 0.385. The van der Waals surface area contributed by atoms with Gasteiger partial charge in [-0.2, -0.15) is 0 Å². The number of rotatable bonds is 12. The zero-order chi connectivity index (χ0) is 26.0. The van der Waals surface area contributed by atoms with E-state index in [-0.39, 0.29) is 12.3 Å². The maximum Gasteiger partial charge on any atom is 0.325 e. The molecule has 6 N–H and O–H groups in total. The molecule has 2 aromatic rings. The van der Waals surface area contributed by atoms with Crippen LogP contribution in [-0.4, -0.2) is 53.0 Å². The SMILES string of the molecule is CC(NC(=O)C(NC(=O)C(Cc1ccccc1)NC(=O)C(N)Cc1ccccc1)C(C)C)C(=O)O. The number of carbonyl (C=O) groups is 4. The number of aliphatic carboxylic acids is 1. The van der Waals surface area contributed by atoms with E-state index in [2.05, 4.69) is 16.0 Å². The quantitative estimate of drug-likeness (QED) is 0.305. The molecule has 0 radical (unpaired) electrons. The van der Waals surface area contributed by atoms with E-state index in [4.69, 9.17) is 10.8 Å². The monoisotopic (exact) mass is 482 g/mol. The van der Waals surface area contributed by atoms with Crippen LogP contribution in [0.15, 0.2) is 60.7 Å². The van der Waals surface area contributed by atoms with Crippen LogP contribution in [-0.2, 0) is 32.0 Å². The van der Waals surface area contributed by atoms with E-state index in [9.17, 15) is 19.2 Å². The second-order valence-electron chi connectivity index (χ2n) is 8.85. The van der Waals surface area contributed by atoms with E-state index in [1.165, 1.54) is 6.92 Å². The van der Waals surface area contributed by atoms with Crippen molar-refractivity contribution in [2.45, 2.75) is 57.8 Å². The Morgan fingerprint density at radius 2 is 1.26 bits per heavy atom. The maximum absolute atomic E-state index is 13.2. The first kappa shape index (κ1) is 27.5. The molecule has 9 nitrogen and oxygen atoms in total. The van der Waals surface area contributed by atoms with Gasteiger partial charge in [0.25, 0.3) is 0 Å². The molecule has 0 aliphatic carbocycles. The van der Waals surface area contributed by atoms with Gasteiger partial charge >= 0.3 is 5.97 Å². The third-order valence-electron chi connectivity index (χ3n) is 5.53. The van der Waals surface area contributed by atoms with Gasteiger partial charge in [-0.25, -0.2) is 0 Å². The normalized spacial score (nSPS) is 14.3.